The molecule has 4 heteroatoms. The molecule has 0 aromatic carbocycles. The van der Waals surface area contributed by atoms with Crippen LogP contribution < -0.4 is 0 Å². The van der Waals surface area contributed by atoms with Crippen molar-refractivity contribution in [3.8, 4) is 12.3 Å². The molecule has 13 heavy (non-hydrogen) atoms. The largest absolute Gasteiger partial charge is 0.393 e. The van der Waals surface area contributed by atoms with Crippen LogP contribution in [0.3, 0.4) is 0 Å². The molecule has 0 aromatic heterocycles. The molecule has 2 unspecified atom stereocenters. The van der Waals surface area contributed by atoms with Crippen LogP contribution in [0.4, 0.5) is 13.2 Å². The van der Waals surface area contributed by atoms with Crippen molar-refractivity contribution in [2.75, 3.05) is 0 Å². The third-order valence-corrected chi connectivity index (χ3v) is 2.30. The Morgan fingerprint density at radius 2 is 2.08 bits per heavy atom. The summed E-state index contributed by atoms with van der Waals surface area (Å²) in [6, 6.07) is 0. The van der Waals surface area contributed by atoms with E-state index in [2.05, 4.69) is 5.92 Å². The lowest BCUT2D eigenvalue weighted by Crippen LogP contribution is -2.34. The number of rotatable bonds is 0. The minimum atomic E-state index is -4.27. The van der Waals surface area contributed by atoms with E-state index in [-0.39, 0.29) is 25.0 Å². The fourth-order valence-corrected chi connectivity index (χ4v) is 1.57. The van der Waals surface area contributed by atoms with Gasteiger partial charge < -0.3 is 0 Å². The van der Waals surface area contributed by atoms with Crippen molar-refractivity contribution in [1.82, 2.24) is 0 Å². The molecule has 72 valence electrons. The number of hydrogen-bond donors (Lipinski definition) is 0. The van der Waals surface area contributed by atoms with Gasteiger partial charge in [0.25, 0.3) is 0 Å². The van der Waals surface area contributed by atoms with E-state index in [0.717, 1.165) is 0 Å². The summed E-state index contributed by atoms with van der Waals surface area (Å²) in [7, 11) is 0. The van der Waals surface area contributed by atoms with Crippen molar-refractivity contribution in [1.29, 1.82) is 0 Å². The Morgan fingerprint density at radius 3 is 2.54 bits per heavy atom. The van der Waals surface area contributed by atoms with Gasteiger partial charge >= 0.3 is 6.18 Å². The molecule has 1 rings (SSSR count). The van der Waals surface area contributed by atoms with Crippen molar-refractivity contribution in [3.63, 3.8) is 0 Å². The molecule has 0 bridgehead atoms. The monoisotopic (exact) mass is 190 g/mol. The number of carbonyl (C=O) groups is 1. The van der Waals surface area contributed by atoms with Crippen LogP contribution in [0.1, 0.15) is 19.3 Å². The molecule has 1 saturated carbocycles. The van der Waals surface area contributed by atoms with E-state index >= 15 is 0 Å². The van der Waals surface area contributed by atoms with Gasteiger partial charge in [-0.15, -0.1) is 12.3 Å². The highest BCUT2D eigenvalue weighted by molar-refractivity contribution is 5.79. The number of alkyl halides is 3. The molecule has 1 nitrogen and oxygen atoms in total. The summed E-state index contributed by atoms with van der Waals surface area (Å²) in [6.45, 7) is 0. The predicted octanol–water partition coefficient (Wildman–Crippen LogP) is 2.17. The van der Waals surface area contributed by atoms with E-state index < -0.39 is 18.0 Å². The van der Waals surface area contributed by atoms with Gasteiger partial charge in [-0.25, -0.2) is 0 Å². The summed E-state index contributed by atoms with van der Waals surface area (Å²) in [4.78, 5) is 10.8. The van der Waals surface area contributed by atoms with Crippen molar-refractivity contribution in [3.05, 3.63) is 0 Å². The molecule has 0 aromatic rings. The zero-order valence-corrected chi connectivity index (χ0v) is 6.90. The highest BCUT2D eigenvalue weighted by Crippen LogP contribution is 2.39. The molecule has 1 aliphatic carbocycles. The molecule has 0 heterocycles. The lowest BCUT2D eigenvalue weighted by Gasteiger charge is -2.28. The Balaban J connectivity index is 2.76. The molecular formula is C9H9F3O. The van der Waals surface area contributed by atoms with Gasteiger partial charge in [-0.2, -0.15) is 13.2 Å². The molecular weight excluding hydrogens is 181 g/mol. The molecule has 0 amide bonds. The third-order valence-electron chi connectivity index (χ3n) is 2.30. The minimum Gasteiger partial charge on any atom is -0.300 e. The second-order valence-corrected chi connectivity index (χ2v) is 3.20. The average molecular weight is 190 g/mol. The maximum absolute atomic E-state index is 12.3. The average Bonchev–Trinajstić information content (AvgIpc) is 2.01. The first kappa shape index (κ1) is 10.1. The van der Waals surface area contributed by atoms with Crippen molar-refractivity contribution < 1.29 is 18.0 Å². The lowest BCUT2D eigenvalue weighted by molar-refractivity contribution is -0.190. The Kier molecular flexibility index (Phi) is 2.65. The number of terminal acetylenes is 1. The minimum absolute atomic E-state index is 0.00234. The van der Waals surface area contributed by atoms with E-state index in [4.69, 9.17) is 6.42 Å². The first-order valence-electron chi connectivity index (χ1n) is 3.99. The molecule has 0 radical (unpaired) electrons. The van der Waals surface area contributed by atoms with Gasteiger partial charge in [-0.3, -0.25) is 4.79 Å². The Bertz CT molecular complexity index is 249. The lowest BCUT2D eigenvalue weighted by atomic mass is 9.79. The third kappa shape index (κ3) is 2.24. The quantitative estimate of drug-likeness (QED) is 0.535. The Labute approximate surface area is 74.3 Å². The molecule has 1 aliphatic rings. The van der Waals surface area contributed by atoms with Crippen LogP contribution in [0.15, 0.2) is 0 Å². The van der Waals surface area contributed by atoms with Crippen LogP contribution in [0.2, 0.25) is 0 Å². The first-order chi connectivity index (χ1) is 5.95. The van der Waals surface area contributed by atoms with E-state index in [0.29, 0.717) is 0 Å². The van der Waals surface area contributed by atoms with Crippen molar-refractivity contribution in [2.45, 2.75) is 25.4 Å². The van der Waals surface area contributed by atoms with E-state index in [1.54, 1.807) is 0 Å². The maximum atomic E-state index is 12.3. The summed E-state index contributed by atoms with van der Waals surface area (Å²) in [5.74, 6) is -0.561. The zero-order chi connectivity index (χ0) is 10.1. The SMILES string of the molecule is C#CC1CC(=O)CCC1C(F)(F)F. The van der Waals surface area contributed by atoms with Crippen LogP contribution in [0.25, 0.3) is 0 Å². The molecule has 2 atom stereocenters. The summed E-state index contributed by atoms with van der Waals surface area (Å²) < 4.78 is 36.9. The van der Waals surface area contributed by atoms with Gasteiger partial charge in [0.1, 0.15) is 5.78 Å². The van der Waals surface area contributed by atoms with Gasteiger partial charge in [0.05, 0.1) is 5.92 Å². The molecule has 0 spiro atoms. The van der Waals surface area contributed by atoms with Crippen LogP contribution >= 0.6 is 0 Å². The predicted molar refractivity (Wildman–Crippen MR) is 40.7 cm³/mol. The van der Waals surface area contributed by atoms with Gasteiger partial charge in [-0.1, -0.05) is 0 Å². The molecule has 0 aliphatic heterocycles. The maximum Gasteiger partial charge on any atom is 0.393 e. The summed E-state index contributed by atoms with van der Waals surface area (Å²) in [5, 5.41) is 0. The number of ketones is 1. The van der Waals surface area contributed by atoms with Gasteiger partial charge in [0.2, 0.25) is 0 Å². The summed E-state index contributed by atoms with van der Waals surface area (Å²) >= 11 is 0. The summed E-state index contributed by atoms with van der Waals surface area (Å²) in [6.07, 6.45) is 0.407. The molecule has 1 fully saturated rings. The standard InChI is InChI=1S/C9H9F3O/c1-2-6-5-7(13)3-4-8(6)9(10,11)12/h1,6,8H,3-5H2. The number of halogens is 3. The number of carbonyl (C=O) groups excluding carboxylic acids is 1. The second kappa shape index (κ2) is 3.41. The highest BCUT2D eigenvalue weighted by Gasteiger charge is 2.46. The van der Waals surface area contributed by atoms with Crippen LogP contribution in [-0.2, 0) is 4.79 Å². The Morgan fingerprint density at radius 1 is 1.46 bits per heavy atom. The van der Waals surface area contributed by atoms with E-state index in [1.165, 1.54) is 0 Å². The number of Topliss-reactive ketones (excluding diaryl/α,β-unsaturated/α-hetero) is 1. The zero-order valence-electron chi connectivity index (χ0n) is 6.90. The van der Waals surface area contributed by atoms with Crippen LogP contribution in [-0.4, -0.2) is 12.0 Å². The van der Waals surface area contributed by atoms with Gasteiger partial charge in [-0.05, 0) is 6.42 Å². The van der Waals surface area contributed by atoms with Gasteiger partial charge in [0.15, 0.2) is 0 Å². The smallest absolute Gasteiger partial charge is 0.300 e. The number of hydrogen-bond acceptors (Lipinski definition) is 1. The first-order valence-corrected chi connectivity index (χ1v) is 3.99. The van der Waals surface area contributed by atoms with Crippen molar-refractivity contribution in [2.24, 2.45) is 11.8 Å². The fourth-order valence-electron chi connectivity index (χ4n) is 1.57. The van der Waals surface area contributed by atoms with E-state index in [1.807, 2.05) is 0 Å². The second-order valence-electron chi connectivity index (χ2n) is 3.20. The molecule has 0 saturated heterocycles. The topological polar surface area (TPSA) is 17.1 Å². The summed E-state index contributed by atoms with van der Waals surface area (Å²) in [5.41, 5.74) is 0. The van der Waals surface area contributed by atoms with Crippen molar-refractivity contribution >= 4 is 5.78 Å². The Hall–Kier alpha value is -0.980. The normalized spacial score (nSPS) is 29.8. The van der Waals surface area contributed by atoms with Gasteiger partial charge in [0, 0.05) is 18.8 Å². The van der Waals surface area contributed by atoms with Crippen LogP contribution in [0, 0.1) is 24.2 Å². The molecule has 0 N–H and O–H groups in total. The highest BCUT2D eigenvalue weighted by atomic mass is 19.4. The van der Waals surface area contributed by atoms with Crippen LogP contribution in [0.5, 0.6) is 0 Å². The fraction of sp³-hybridized carbons (Fsp3) is 0.667. The van der Waals surface area contributed by atoms with E-state index in [9.17, 15) is 18.0 Å².